The number of hydrogen-bond acceptors (Lipinski definition) is 0. The highest BCUT2D eigenvalue weighted by Crippen LogP contribution is 2.11. The lowest BCUT2D eigenvalue weighted by Crippen LogP contribution is -1.84. The fourth-order valence-corrected chi connectivity index (χ4v) is 0.857. The van der Waals surface area contributed by atoms with Crippen LogP contribution in [-0.4, -0.2) is 13.2 Å². The molecule has 0 bridgehead atoms. The van der Waals surface area contributed by atoms with E-state index in [2.05, 4.69) is 6.92 Å². The summed E-state index contributed by atoms with van der Waals surface area (Å²) < 4.78 is 0. The molecule has 0 saturated heterocycles. The lowest BCUT2D eigenvalue weighted by Gasteiger charge is -1.96. The largest absolute Gasteiger partial charge is 0.107 e. The molecule has 0 fully saturated rings. The molecule has 0 aromatic heterocycles. The van der Waals surface area contributed by atoms with E-state index in [-0.39, 0.29) is 13.2 Å². The second kappa shape index (κ2) is 8.64. The maximum absolute atomic E-state index is 5.48. The molecule has 0 aliphatic heterocycles. The number of halogens is 2. The molecule has 0 heterocycles. The van der Waals surface area contributed by atoms with E-state index in [0.717, 1.165) is 12.8 Å². The van der Waals surface area contributed by atoms with Gasteiger partial charge >= 0.3 is 0 Å². The van der Waals surface area contributed by atoms with Crippen LogP contribution in [0, 0.1) is 0 Å². The Balaban J connectivity index is 0. The van der Waals surface area contributed by atoms with Crippen LogP contribution in [0.2, 0.25) is 0 Å². The Morgan fingerprint density at radius 3 is 2.11 bits per heavy atom. The van der Waals surface area contributed by atoms with E-state index < -0.39 is 0 Å². The van der Waals surface area contributed by atoms with Crippen molar-refractivity contribution in [3.63, 3.8) is 0 Å². The van der Waals surface area contributed by atoms with Gasteiger partial charge in [0.15, 0.2) is 0 Å². The van der Waals surface area contributed by atoms with Gasteiger partial charge in [0.2, 0.25) is 0 Å². The molecule has 0 nitrogen and oxygen atoms in total. The van der Waals surface area contributed by atoms with Gasteiger partial charge in [-0.2, -0.15) is 0 Å². The summed E-state index contributed by atoms with van der Waals surface area (Å²) in [5.41, 5.74) is 0. The molecule has 3 heteroatoms. The van der Waals surface area contributed by atoms with E-state index in [4.69, 9.17) is 23.2 Å². The first-order valence-electron chi connectivity index (χ1n) is 3.05. The number of unbranched alkanes of at least 4 members (excludes halogenated alkanes) is 2. The van der Waals surface area contributed by atoms with Crippen molar-refractivity contribution in [2.45, 2.75) is 37.4 Å². The molecule has 9 heavy (non-hydrogen) atoms. The van der Waals surface area contributed by atoms with Crippen LogP contribution in [0.15, 0.2) is 0 Å². The molecule has 0 unspecified atom stereocenters. The Morgan fingerprint density at radius 2 is 1.78 bits per heavy atom. The van der Waals surface area contributed by atoms with Gasteiger partial charge in [0, 0.05) is 8.41 Å². The fourth-order valence-electron chi connectivity index (χ4n) is 0.549. The average Bonchev–Trinajstić information content (AvgIpc) is 1.66. The van der Waals surface area contributed by atoms with Crippen molar-refractivity contribution in [1.82, 2.24) is 0 Å². The predicted molar refractivity (Wildman–Crippen MR) is 45.4 cm³/mol. The predicted octanol–water partition coefficient (Wildman–Crippen LogP) is 2.99. The minimum atomic E-state index is -0.151. The lowest BCUT2D eigenvalue weighted by atomic mass is 10.2. The summed E-state index contributed by atoms with van der Waals surface area (Å²) in [6.45, 7) is 2.16. The summed E-state index contributed by atoms with van der Waals surface area (Å²) in [6, 6.07) is 0. The van der Waals surface area contributed by atoms with Gasteiger partial charge in [0.25, 0.3) is 0 Å². The maximum Gasteiger partial charge on any atom is 0.107 e. The third-order valence-electron chi connectivity index (χ3n) is 1.03. The van der Waals surface area contributed by atoms with Crippen molar-refractivity contribution in [2.75, 3.05) is 0 Å². The minimum absolute atomic E-state index is 0. The van der Waals surface area contributed by atoms with E-state index in [1.807, 2.05) is 0 Å². The second-order valence-corrected chi connectivity index (χ2v) is 3.16. The monoisotopic (exact) mass is 165 g/mol. The van der Waals surface area contributed by atoms with Gasteiger partial charge in [-0.1, -0.05) is 26.2 Å². The first-order chi connectivity index (χ1) is 3.77. The van der Waals surface area contributed by atoms with Crippen LogP contribution in [-0.2, 0) is 0 Å². The molecule has 0 N–H and O–H groups in total. The molecule has 0 aromatic carbocycles. The standard InChI is InChI=1S/C6H12Cl2.B/c1-2-3-4-5-6(7)8;/h6H,2-5H2,1H3;. The van der Waals surface area contributed by atoms with Crippen LogP contribution in [0.4, 0.5) is 0 Å². The summed E-state index contributed by atoms with van der Waals surface area (Å²) in [4.78, 5) is -0.151. The maximum atomic E-state index is 5.48. The van der Waals surface area contributed by atoms with Gasteiger partial charge in [0.05, 0.1) is 0 Å². The van der Waals surface area contributed by atoms with Gasteiger partial charge in [-0.3, -0.25) is 0 Å². The highest BCUT2D eigenvalue weighted by atomic mass is 35.5. The van der Waals surface area contributed by atoms with E-state index in [9.17, 15) is 0 Å². The summed E-state index contributed by atoms with van der Waals surface area (Å²) in [5.74, 6) is 0. The third kappa shape index (κ3) is 12.0. The van der Waals surface area contributed by atoms with Crippen molar-refractivity contribution in [2.24, 2.45) is 0 Å². The third-order valence-corrected chi connectivity index (χ3v) is 1.46. The molecular weight excluding hydrogens is 154 g/mol. The molecule has 3 radical (unpaired) electrons. The average molecular weight is 166 g/mol. The highest BCUT2D eigenvalue weighted by Gasteiger charge is 1.95. The number of hydrogen-bond donors (Lipinski definition) is 0. The molecule has 0 amide bonds. The molecule has 0 aliphatic carbocycles. The van der Waals surface area contributed by atoms with Gasteiger partial charge in [0.1, 0.15) is 4.84 Å². The van der Waals surface area contributed by atoms with Crippen molar-refractivity contribution in [3.05, 3.63) is 0 Å². The molecule has 0 rings (SSSR count). The molecule has 0 saturated carbocycles. The molecule has 0 atom stereocenters. The zero-order valence-electron chi connectivity index (χ0n) is 5.74. The van der Waals surface area contributed by atoms with Crippen molar-refractivity contribution >= 4 is 31.6 Å². The molecule has 0 spiro atoms. The lowest BCUT2D eigenvalue weighted by molar-refractivity contribution is 0.692. The van der Waals surface area contributed by atoms with Crippen LogP contribution in [0.5, 0.6) is 0 Å². The van der Waals surface area contributed by atoms with E-state index in [1.165, 1.54) is 12.8 Å². The highest BCUT2D eigenvalue weighted by molar-refractivity contribution is 6.44. The van der Waals surface area contributed by atoms with Crippen LogP contribution >= 0.6 is 23.2 Å². The summed E-state index contributed by atoms with van der Waals surface area (Å²) in [6.07, 6.45) is 4.58. The van der Waals surface area contributed by atoms with E-state index in [1.54, 1.807) is 0 Å². The van der Waals surface area contributed by atoms with Crippen LogP contribution in [0.3, 0.4) is 0 Å². The fraction of sp³-hybridized carbons (Fsp3) is 1.00. The number of alkyl halides is 2. The Morgan fingerprint density at radius 1 is 1.22 bits per heavy atom. The zero-order valence-corrected chi connectivity index (χ0v) is 7.25. The Labute approximate surface area is 69.5 Å². The van der Waals surface area contributed by atoms with Crippen LogP contribution in [0.25, 0.3) is 0 Å². The van der Waals surface area contributed by atoms with Crippen molar-refractivity contribution in [3.8, 4) is 0 Å². The normalized spacial score (nSPS) is 9.33. The Bertz CT molecular complexity index is 48.3. The topological polar surface area (TPSA) is 0 Å². The SMILES string of the molecule is CCCCCC(Cl)Cl.[B]. The van der Waals surface area contributed by atoms with E-state index in [0.29, 0.717) is 0 Å². The van der Waals surface area contributed by atoms with Gasteiger partial charge in [-0.25, -0.2) is 0 Å². The summed E-state index contributed by atoms with van der Waals surface area (Å²) in [5, 5.41) is 0. The Hall–Kier alpha value is 0.645. The minimum Gasteiger partial charge on any atom is -0.105 e. The summed E-state index contributed by atoms with van der Waals surface area (Å²) >= 11 is 11.0. The number of rotatable bonds is 4. The molecule has 0 aliphatic rings. The van der Waals surface area contributed by atoms with Gasteiger partial charge < -0.3 is 0 Å². The van der Waals surface area contributed by atoms with Gasteiger partial charge in [-0.15, -0.1) is 23.2 Å². The van der Waals surface area contributed by atoms with Crippen LogP contribution < -0.4 is 0 Å². The van der Waals surface area contributed by atoms with Crippen LogP contribution in [0.1, 0.15) is 32.6 Å². The first kappa shape index (κ1) is 12.3. The quantitative estimate of drug-likeness (QED) is 0.342. The first-order valence-corrected chi connectivity index (χ1v) is 3.92. The smallest absolute Gasteiger partial charge is 0.105 e. The van der Waals surface area contributed by atoms with Crippen molar-refractivity contribution in [1.29, 1.82) is 0 Å². The zero-order chi connectivity index (χ0) is 6.41. The molecular formula is C6H12BCl2. The van der Waals surface area contributed by atoms with E-state index >= 15 is 0 Å². The van der Waals surface area contributed by atoms with Gasteiger partial charge in [-0.05, 0) is 6.42 Å². The second-order valence-electron chi connectivity index (χ2n) is 1.89. The molecule has 0 aromatic rings. The summed E-state index contributed by atoms with van der Waals surface area (Å²) in [7, 11) is 0. The molecule has 53 valence electrons. The van der Waals surface area contributed by atoms with Crippen molar-refractivity contribution < 1.29 is 0 Å². The Kier molecular flexibility index (Phi) is 11.8.